The number of hydrogen-bond donors (Lipinski definition) is 4. The van der Waals surface area contributed by atoms with Crippen LogP contribution in [0.25, 0.3) is 0 Å². The predicted octanol–water partition coefficient (Wildman–Crippen LogP) is -0.292. The Kier molecular flexibility index (Phi) is 8.94. The van der Waals surface area contributed by atoms with E-state index in [1.807, 2.05) is 0 Å². The van der Waals surface area contributed by atoms with Crippen LogP contribution in [0.5, 0.6) is 0 Å². The molecule has 0 radical (unpaired) electrons. The molecule has 0 fully saturated rings. The molecule has 7 nitrogen and oxygen atoms in total. The molecule has 1 rings (SSSR count). The molecule has 1 atom stereocenters. The number of nitrogens with zero attached hydrogens (tertiary/aromatic N) is 1. The summed E-state index contributed by atoms with van der Waals surface area (Å²) >= 11 is 0. The number of pyridine rings is 1. The molecule has 19 heavy (non-hydrogen) atoms. The highest BCUT2D eigenvalue weighted by molar-refractivity contribution is 5.92. The molecule has 0 bridgehead atoms. The third-order valence-corrected chi connectivity index (χ3v) is 2.23. The van der Waals surface area contributed by atoms with Gasteiger partial charge in [0.05, 0.1) is 5.56 Å². The van der Waals surface area contributed by atoms with E-state index in [1.165, 1.54) is 6.20 Å². The fraction of sp³-hybridized carbons (Fsp3) is 0.417. The molecule has 0 aromatic carbocycles. The average Bonchev–Trinajstić information content (AvgIpc) is 2.40. The molecule has 0 aliphatic carbocycles. The van der Waals surface area contributed by atoms with E-state index in [-0.39, 0.29) is 0 Å². The van der Waals surface area contributed by atoms with Crippen molar-refractivity contribution in [2.45, 2.75) is 25.3 Å². The molecule has 0 saturated heterocycles. The van der Waals surface area contributed by atoms with Gasteiger partial charge in [-0.2, -0.15) is 0 Å². The van der Waals surface area contributed by atoms with Gasteiger partial charge in [0.2, 0.25) is 5.91 Å². The molecular weight excluding hydrogens is 248 g/mol. The van der Waals surface area contributed by atoms with Crippen molar-refractivity contribution in [1.29, 1.82) is 0 Å². The second-order valence-electron chi connectivity index (χ2n) is 3.84. The SMILES string of the molecule is NC(=O)c1cccnc1.NCCCCC(N)C(=O)O. The van der Waals surface area contributed by atoms with E-state index < -0.39 is 17.9 Å². The van der Waals surface area contributed by atoms with Crippen molar-refractivity contribution >= 4 is 11.9 Å². The standard InChI is InChI=1S/C6H14N2O2.C6H6N2O/c7-4-2-1-3-5(8)6(9)10;7-6(9)5-2-1-3-8-4-5/h5H,1-4,7-8H2,(H,9,10);1-4H,(H2,7,9). The Morgan fingerprint density at radius 2 is 2.05 bits per heavy atom. The number of carbonyl (C=O) groups excluding carboxylic acids is 1. The van der Waals surface area contributed by atoms with Crippen molar-refractivity contribution in [2.75, 3.05) is 6.54 Å². The van der Waals surface area contributed by atoms with Crippen LogP contribution in [-0.2, 0) is 4.79 Å². The van der Waals surface area contributed by atoms with E-state index in [0.29, 0.717) is 18.5 Å². The van der Waals surface area contributed by atoms with Gasteiger partial charge in [-0.15, -0.1) is 0 Å². The van der Waals surface area contributed by atoms with Gasteiger partial charge in [0.15, 0.2) is 0 Å². The summed E-state index contributed by atoms with van der Waals surface area (Å²) in [7, 11) is 0. The maximum Gasteiger partial charge on any atom is 0.320 e. The van der Waals surface area contributed by atoms with E-state index in [9.17, 15) is 9.59 Å². The van der Waals surface area contributed by atoms with E-state index in [4.69, 9.17) is 22.3 Å². The molecule has 1 aromatic rings. The maximum absolute atomic E-state index is 10.4. The van der Waals surface area contributed by atoms with Gasteiger partial charge in [-0.05, 0) is 31.5 Å². The minimum absolute atomic E-state index is 0.442. The Labute approximate surface area is 111 Å². The smallest absolute Gasteiger partial charge is 0.320 e. The van der Waals surface area contributed by atoms with Crippen LogP contribution in [0.15, 0.2) is 24.5 Å². The minimum atomic E-state index is -0.933. The minimum Gasteiger partial charge on any atom is -0.480 e. The molecule has 7 heteroatoms. The molecule has 1 unspecified atom stereocenters. The van der Waals surface area contributed by atoms with Crippen LogP contribution in [-0.4, -0.2) is 34.6 Å². The average molecular weight is 268 g/mol. The topological polar surface area (TPSA) is 145 Å². The molecule has 1 aromatic heterocycles. The Bertz CT molecular complexity index is 384. The molecule has 0 aliphatic rings. The lowest BCUT2D eigenvalue weighted by atomic mass is 10.1. The zero-order valence-corrected chi connectivity index (χ0v) is 10.7. The Morgan fingerprint density at radius 3 is 2.42 bits per heavy atom. The summed E-state index contributed by atoms with van der Waals surface area (Å²) in [5.41, 5.74) is 15.8. The highest BCUT2D eigenvalue weighted by Gasteiger charge is 2.09. The quantitative estimate of drug-likeness (QED) is 0.521. The summed E-state index contributed by atoms with van der Waals surface area (Å²) in [5, 5.41) is 8.33. The second-order valence-corrected chi connectivity index (χ2v) is 3.84. The summed E-state index contributed by atoms with van der Waals surface area (Å²) in [6, 6.07) is 2.57. The van der Waals surface area contributed by atoms with Crippen molar-refractivity contribution < 1.29 is 14.7 Å². The molecule has 1 heterocycles. The summed E-state index contributed by atoms with van der Waals surface area (Å²) in [6.07, 6.45) is 5.19. The van der Waals surface area contributed by atoms with Crippen molar-refractivity contribution in [1.82, 2.24) is 4.98 Å². The Hall–Kier alpha value is -1.99. The van der Waals surface area contributed by atoms with Crippen molar-refractivity contribution in [2.24, 2.45) is 17.2 Å². The number of carboxylic acids is 1. The second kappa shape index (κ2) is 9.98. The van der Waals surface area contributed by atoms with Gasteiger partial charge in [0.25, 0.3) is 0 Å². The van der Waals surface area contributed by atoms with E-state index in [2.05, 4.69) is 4.98 Å². The molecule has 0 saturated carbocycles. The van der Waals surface area contributed by atoms with Gasteiger partial charge in [0, 0.05) is 12.4 Å². The van der Waals surface area contributed by atoms with Gasteiger partial charge in [-0.3, -0.25) is 14.6 Å². The number of aliphatic carboxylic acids is 1. The molecule has 106 valence electrons. The fourth-order valence-corrected chi connectivity index (χ4v) is 1.14. The first-order chi connectivity index (χ1) is 8.99. The first-order valence-corrected chi connectivity index (χ1v) is 5.87. The number of aromatic nitrogens is 1. The van der Waals surface area contributed by atoms with E-state index in [0.717, 1.165) is 12.8 Å². The summed E-state index contributed by atoms with van der Waals surface area (Å²) < 4.78 is 0. The third kappa shape index (κ3) is 8.70. The van der Waals surface area contributed by atoms with E-state index >= 15 is 0 Å². The molecule has 0 aliphatic heterocycles. The highest BCUT2D eigenvalue weighted by atomic mass is 16.4. The van der Waals surface area contributed by atoms with Crippen LogP contribution >= 0.6 is 0 Å². The molecular formula is C12H20N4O3. The lowest BCUT2D eigenvalue weighted by Crippen LogP contribution is -2.29. The zero-order chi connectivity index (χ0) is 14.7. The first kappa shape index (κ1) is 17.0. The number of nitrogens with two attached hydrogens (primary N) is 3. The van der Waals surface area contributed by atoms with Crippen molar-refractivity contribution in [3.63, 3.8) is 0 Å². The zero-order valence-electron chi connectivity index (χ0n) is 10.7. The van der Waals surface area contributed by atoms with Crippen LogP contribution < -0.4 is 17.2 Å². The number of rotatable bonds is 6. The monoisotopic (exact) mass is 268 g/mol. The third-order valence-electron chi connectivity index (χ3n) is 2.23. The summed E-state index contributed by atoms with van der Waals surface area (Å²) in [6.45, 7) is 0.604. The number of carboxylic acid groups (broad SMARTS) is 1. The molecule has 0 spiro atoms. The van der Waals surface area contributed by atoms with Crippen molar-refractivity contribution in [3.05, 3.63) is 30.1 Å². The largest absolute Gasteiger partial charge is 0.480 e. The van der Waals surface area contributed by atoms with Crippen LogP contribution in [0, 0.1) is 0 Å². The summed E-state index contributed by atoms with van der Waals surface area (Å²) in [4.78, 5) is 24.2. The van der Waals surface area contributed by atoms with Crippen LogP contribution in [0.3, 0.4) is 0 Å². The molecule has 7 N–H and O–H groups in total. The predicted molar refractivity (Wildman–Crippen MR) is 71.3 cm³/mol. The molecule has 1 amide bonds. The maximum atomic E-state index is 10.4. The summed E-state index contributed by atoms with van der Waals surface area (Å²) in [5.74, 6) is -1.37. The van der Waals surface area contributed by atoms with Gasteiger partial charge < -0.3 is 22.3 Å². The Balaban J connectivity index is 0.000000342. The number of primary amides is 1. The van der Waals surface area contributed by atoms with Gasteiger partial charge in [-0.25, -0.2) is 0 Å². The number of carbonyl (C=O) groups is 2. The van der Waals surface area contributed by atoms with Crippen LogP contribution in [0.2, 0.25) is 0 Å². The van der Waals surface area contributed by atoms with Crippen LogP contribution in [0.1, 0.15) is 29.6 Å². The first-order valence-electron chi connectivity index (χ1n) is 5.87. The highest BCUT2D eigenvalue weighted by Crippen LogP contribution is 1.97. The lowest BCUT2D eigenvalue weighted by Gasteiger charge is -2.03. The van der Waals surface area contributed by atoms with E-state index in [1.54, 1.807) is 18.3 Å². The van der Waals surface area contributed by atoms with Crippen molar-refractivity contribution in [3.8, 4) is 0 Å². The number of amides is 1. The van der Waals surface area contributed by atoms with Gasteiger partial charge >= 0.3 is 5.97 Å². The van der Waals surface area contributed by atoms with Gasteiger partial charge in [0.1, 0.15) is 6.04 Å². The number of hydrogen-bond acceptors (Lipinski definition) is 5. The lowest BCUT2D eigenvalue weighted by molar-refractivity contribution is -0.138. The number of unbranched alkanes of at least 4 members (excludes halogenated alkanes) is 1. The fourth-order valence-electron chi connectivity index (χ4n) is 1.14. The van der Waals surface area contributed by atoms with Crippen LogP contribution in [0.4, 0.5) is 0 Å². The normalized spacial score (nSPS) is 11.1. The van der Waals surface area contributed by atoms with Gasteiger partial charge in [-0.1, -0.05) is 6.42 Å². The Morgan fingerprint density at radius 1 is 1.37 bits per heavy atom.